The minimum absolute atomic E-state index is 0.0751. The molecule has 1 fully saturated rings. The summed E-state index contributed by atoms with van der Waals surface area (Å²) in [5.74, 6) is 1.34. The minimum Gasteiger partial charge on any atom is -0.441 e. The lowest BCUT2D eigenvalue weighted by atomic mass is 10.1. The van der Waals surface area contributed by atoms with Crippen LogP contribution < -0.4 is 5.73 Å². The number of carbonyl (C=O) groups excluding carboxylic acids is 1. The standard InChI is InChI=1S/C17H21N3O2/c1-12-15(10-16(21)20-9-5-8-14(18)11-20)19-17(22-12)13-6-3-2-4-7-13/h2-4,6-7,14H,5,8-11,18H2,1H3. The molecule has 2 aromatic rings. The smallest absolute Gasteiger partial charge is 0.228 e. The SMILES string of the molecule is Cc1oc(-c2ccccc2)nc1CC(=O)N1CCCC(N)C1. The summed E-state index contributed by atoms with van der Waals surface area (Å²) in [5, 5.41) is 0. The van der Waals surface area contributed by atoms with E-state index in [2.05, 4.69) is 4.98 Å². The van der Waals surface area contributed by atoms with Gasteiger partial charge in [-0.05, 0) is 31.9 Å². The van der Waals surface area contributed by atoms with Gasteiger partial charge >= 0.3 is 0 Å². The molecule has 1 amide bonds. The van der Waals surface area contributed by atoms with Crippen LogP contribution in [0.15, 0.2) is 34.7 Å². The van der Waals surface area contributed by atoms with Crippen LogP contribution in [0.4, 0.5) is 0 Å². The molecule has 116 valence electrons. The van der Waals surface area contributed by atoms with Gasteiger partial charge in [-0.3, -0.25) is 4.79 Å². The Bertz CT molecular complexity index is 651. The second kappa shape index (κ2) is 6.32. The van der Waals surface area contributed by atoms with Crippen molar-refractivity contribution < 1.29 is 9.21 Å². The number of piperidine rings is 1. The molecule has 5 heteroatoms. The maximum atomic E-state index is 12.4. The van der Waals surface area contributed by atoms with Crippen molar-refractivity contribution in [2.45, 2.75) is 32.2 Å². The van der Waals surface area contributed by atoms with Gasteiger partial charge in [0.05, 0.1) is 12.1 Å². The van der Waals surface area contributed by atoms with E-state index in [-0.39, 0.29) is 18.4 Å². The molecular weight excluding hydrogens is 278 g/mol. The zero-order valence-electron chi connectivity index (χ0n) is 12.8. The van der Waals surface area contributed by atoms with Crippen LogP contribution in [0.1, 0.15) is 24.3 Å². The number of hydrogen-bond acceptors (Lipinski definition) is 4. The average Bonchev–Trinajstić information content (AvgIpc) is 2.89. The maximum Gasteiger partial charge on any atom is 0.228 e. The second-order valence-electron chi connectivity index (χ2n) is 5.81. The zero-order valence-corrected chi connectivity index (χ0v) is 12.8. The van der Waals surface area contributed by atoms with Gasteiger partial charge < -0.3 is 15.1 Å². The Morgan fingerprint density at radius 3 is 2.91 bits per heavy atom. The van der Waals surface area contributed by atoms with Crippen molar-refractivity contribution in [1.82, 2.24) is 9.88 Å². The van der Waals surface area contributed by atoms with E-state index in [0.29, 0.717) is 23.9 Å². The summed E-state index contributed by atoms with van der Waals surface area (Å²) >= 11 is 0. The van der Waals surface area contributed by atoms with Crippen molar-refractivity contribution >= 4 is 5.91 Å². The third-order valence-electron chi connectivity index (χ3n) is 4.04. The van der Waals surface area contributed by atoms with Crippen LogP contribution in [-0.4, -0.2) is 34.9 Å². The average molecular weight is 299 g/mol. The molecule has 1 atom stereocenters. The fourth-order valence-corrected chi connectivity index (χ4v) is 2.79. The largest absolute Gasteiger partial charge is 0.441 e. The first kappa shape index (κ1) is 14.8. The first-order valence-corrected chi connectivity index (χ1v) is 7.68. The normalized spacial score (nSPS) is 18.5. The number of aromatic nitrogens is 1. The van der Waals surface area contributed by atoms with Crippen LogP contribution in [0.3, 0.4) is 0 Å². The molecule has 0 saturated carbocycles. The maximum absolute atomic E-state index is 12.4. The molecule has 2 N–H and O–H groups in total. The Kier molecular flexibility index (Phi) is 4.24. The highest BCUT2D eigenvalue weighted by atomic mass is 16.4. The van der Waals surface area contributed by atoms with Gasteiger partial charge in [-0.1, -0.05) is 18.2 Å². The number of rotatable bonds is 3. The van der Waals surface area contributed by atoms with E-state index in [0.717, 1.165) is 24.9 Å². The van der Waals surface area contributed by atoms with Crippen molar-refractivity contribution in [2.75, 3.05) is 13.1 Å². The van der Waals surface area contributed by atoms with Gasteiger partial charge in [0, 0.05) is 24.7 Å². The quantitative estimate of drug-likeness (QED) is 0.942. The first-order chi connectivity index (χ1) is 10.6. The summed E-state index contributed by atoms with van der Waals surface area (Å²) in [6, 6.07) is 9.81. The van der Waals surface area contributed by atoms with Gasteiger partial charge in [-0.2, -0.15) is 0 Å². The van der Waals surface area contributed by atoms with Crippen LogP contribution in [0, 0.1) is 6.92 Å². The van der Waals surface area contributed by atoms with Crippen LogP contribution in [0.25, 0.3) is 11.5 Å². The number of nitrogens with two attached hydrogens (primary N) is 1. The number of benzene rings is 1. The van der Waals surface area contributed by atoms with E-state index in [9.17, 15) is 4.79 Å². The van der Waals surface area contributed by atoms with Gasteiger partial charge in [-0.25, -0.2) is 4.98 Å². The Hall–Kier alpha value is -2.14. The van der Waals surface area contributed by atoms with Crippen molar-refractivity contribution in [3.8, 4) is 11.5 Å². The number of aryl methyl sites for hydroxylation is 1. The summed E-state index contributed by atoms with van der Waals surface area (Å²) in [6.45, 7) is 3.28. The van der Waals surface area contributed by atoms with Crippen LogP contribution in [-0.2, 0) is 11.2 Å². The summed E-state index contributed by atoms with van der Waals surface area (Å²) in [7, 11) is 0. The second-order valence-corrected chi connectivity index (χ2v) is 5.81. The Labute approximate surface area is 130 Å². The topological polar surface area (TPSA) is 72.4 Å². The van der Waals surface area contributed by atoms with Gasteiger partial charge in [0.25, 0.3) is 0 Å². The van der Waals surface area contributed by atoms with Crippen molar-refractivity contribution in [3.05, 3.63) is 41.8 Å². The van der Waals surface area contributed by atoms with E-state index in [4.69, 9.17) is 10.2 Å². The molecule has 1 saturated heterocycles. The number of nitrogens with zero attached hydrogens (tertiary/aromatic N) is 2. The molecule has 1 unspecified atom stereocenters. The lowest BCUT2D eigenvalue weighted by Crippen LogP contribution is -2.46. The van der Waals surface area contributed by atoms with Gasteiger partial charge in [0.1, 0.15) is 5.76 Å². The van der Waals surface area contributed by atoms with E-state index in [1.165, 1.54) is 0 Å². The third kappa shape index (κ3) is 3.20. The lowest BCUT2D eigenvalue weighted by Gasteiger charge is -2.30. The minimum atomic E-state index is 0.0751. The molecule has 1 aliphatic heterocycles. The Balaban J connectivity index is 1.73. The number of amides is 1. The molecule has 0 spiro atoms. The monoisotopic (exact) mass is 299 g/mol. The number of likely N-dealkylation sites (tertiary alicyclic amines) is 1. The summed E-state index contributed by atoms with van der Waals surface area (Å²) in [4.78, 5) is 18.7. The van der Waals surface area contributed by atoms with Gasteiger partial charge in [0.2, 0.25) is 11.8 Å². The summed E-state index contributed by atoms with van der Waals surface area (Å²) in [6.07, 6.45) is 2.24. The molecule has 1 aromatic heterocycles. The molecule has 1 aromatic carbocycles. The number of carbonyl (C=O) groups is 1. The van der Waals surface area contributed by atoms with E-state index < -0.39 is 0 Å². The highest BCUT2D eigenvalue weighted by molar-refractivity contribution is 5.78. The van der Waals surface area contributed by atoms with E-state index in [1.807, 2.05) is 42.2 Å². The molecule has 0 bridgehead atoms. The zero-order chi connectivity index (χ0) is 15.5. The molecular formula is C17H21N3O2. The van der Waals surface area contributed by atoms with Crippen LogP contribution in [0.5, 0.6) is 0 Å². The molecule has 2 heterocycles. The molecule has 22 heavy (non-hydrogen) atoms. The third-order valence-corrected chi connectivity index (χ3v) is 4.04. The lowest BCUT2D eigenvalue weighted by molar-refractivity contribution is -0.131. The molecule has 5 nitrogen and oxygen atoms in total. The van der Waals surface area contributed by atoms with E-state index in [1.54, 1.807) is 0 Å². The van der Waals surface area contributed by atoms with Crippen molar-refractivity contribution in [2.24, 2.45) is 5.73 Å². The molecule has 1 aliphatic rings. The first-order valence-electron chi connectivity index (χ1n) is 7.68. The predicted octanol–water partition coefficient (Wildman–Crippen LogP) is 2.14. The van der Waals surface area contributed by atoms with Crippen molar-refractivity contribution in [3.63, 3.8) is 0 Å². The van der Waals surface area contributed by atoms with Crippen LogP contribution in [0.2, 0.25) is 0 Å². The number of oxazole rings is 1. The van der Waals surface area contributed by atoms with Crippen molar-refractivity contribution in [1.29, 1.82) is 0 Å². The molecule has 0 radical (unpaired) electrons. The van der Waals surface area contributed by atoms with Gasteiger partial charge in [0.15, 0.2) is 0 Å². The summed E-state index contributed by atoms with van der Waals surface area (Å²) in [5.41, 5.74) is 7.57. The van der Waals surface area contributed by atoms with Crippen LogP contribution >= 0.6 is 0 Å². The Morgan fingerprint density at radius 1 is 1.41 bits per heavy atom. The highest BCUT2D eigenvalue weighted by Crippen LogP contribution is 2.22. The highest BCUT2D eigenvalue weighted by Gasteiger charge is 2.23. The number of hydrogen-bond donors (Lipinski definition) is 1. The molecule has 0 aliphatic carbocycles. The predicted molar refractivity (Wildman–Crippen MR) is 84.2 cm³/mol. The fourth-order valence-electron chi connectivity index (χ4n) is 2.79. The van der Waals surface area contributed by atoms with E-state index >= 15 is 0 Å². The van der Waals surface area contributed by atoms with Gasteiger partial charge in [-0.15, -0.1) is 0 Å². The summed E-state index contributed by atoms with van der Waals surface area (Å²) < 4.78 is 5.70. The molecule has 3 rings (SSSR count). The Morgan fingerprint density at radius 2 is 2.18 bits per heavy atom. The fraction of sp³-hybridized carbons (Fsp3) is 0.412.